The van der Waals surface area contributed by atoms with E-state index in [1.807, 2.05) is 29.5 Å². The van der Waals surface area contributed by atoms with Gasteiger partial charge in [0.05, 0.1) is 34.2 Å². The molecule has 30 rings (SSSR count). The molecule has 0 aliphatic heterocycles. The van der Waals surface area contributed by atoms with Crippen LogP contribution >= 0.6 is 11.3 Å². The summed E-state index contributed by atoms with van der Waals surface area (Å²) >= 11 is 1.87. The fourth-order valence-corrected chi connectivity index (χ4v) is 24.7. The lowest BCUT2D eigenvalue weighted by molar-refractivity contribution is 0.660. The summed E-state index contributed by atoms with van der Waals surface area (Å²) in [6.45, 7) is 4.69. The lowest BCUT2D eigenvalue weighted by atomic mass is 9.82. The zero-order valence-corrected chi connectivity index (χ0v) is 82.7. The molecule has 0 atom stereocenters. The number of fused-ring (bicyclic) bond motifs is 27. The van der Waals surface area contributed by atoms with Crippen molar-refractivity contribution in [1.29, 1.82) is 0 Å². The Morgan fingerprint density at radius 2 is 0.430 bits per heavy atom. The molecule has 1 aliphatic rings. The SMILES string of the molecule is CC1(C)c2ccccc2-c2cc(-c3cccc4c5ccccc5c5cc(-c6cc(-c7ccccc7)cc(-c7ccccc7)n6)ccc5c34)ccc21.c1ccc(-c2cc(-c3ccccc3)nc(-c3ccc4c(c3)c3ccccc3c3cccc(-c5ccc6c(c5)sc5ccccc56)c34)c2)cc1.c1ccc(-c2cc(-c3ccccc3)nc(-c3ccc4c(c3)c3ccccc3c3cccc(-c5ccc6oc7ccccc7c6c5)c34)c2)cc1. The molecule has 0 spiro atoms. The van der Waals surface area contributed by atoms with Gasteiger partial charge in [-0.05, 0) is 277 Å². The molecular formula is C144H93N3OS. The number of para-hydroxylation sites is 1. The molecule has 0 amide bonds. The minimum atomic E-state index is -0.0191. The second-order valence-electron chi connectivity index (χ2n) is 39.7. The summed E-state index contributed by atoms with van der Waals surface area (Å²) in [5.41, 5.74) is 34.1. The third kappa shape index (κ3) is 15.5. The third-order valence-corrected chi connectivity index (χ3v) is 31.9. The van der Waals surface area contributed by atoms with E-state index in [1.54, 1.807) is 0 Å². The maximum Gasteiger partial charge on any atom is 0.135 e. The van der Waals surface area contributed by atoms with Crippen LogP contribution in [0.4, 0.5) is 0 Å². The molecule has 5 heterocycles. The van der Waals surface area contributed by atoms with Crippen LogP contribution in [0.1, 0.15) is 25.0 Å². The Kier molecular flexibility index (Phi) is 21.5. The summed E-state index contributed by atoms with van der Waals surface area (Å²) in [6, 6.07) is 191. The van der Waals surface area contributed by atoms with Gasteiger partial charge in [-0.3, -0.25) is 0 Å². The molecule has 0 radical (unpaired) electrons. The van der Waals surface area contributed by atoms with Crippen molar-refractivity contribution in [3.05, 3.63) is 539 Å². The topological polar surface area (TPSA) is 51.8 Å². The highest BCUT2D eigenvalue weighted by atomic mass is 32.1. The van der Waals surface area contributed by atoms with Gasteiger partial charge >= 0.3 is 0 Å². The molecule has 4 nitrogen and oxygen atoms in total. The average molecular weight is 1910 g/mol. The molecule has 696 valence electrons. The van der Waals surface area contributed by atoms with E-state index in [0.29, 0.717) is 0 Å². The highest BCUT2D eigenvalue weighted by molar-refractivity contribution is 7.25. The number of hydrogen-bond donors (Lipinski definition) is 0. The zero-order valence-electron chi connectivity index (χ0n) is 81.9. The maximum atomic E-state index is 6.18. The molecule has 0 bridgehead atoms. The minimum Gasteiger partial charge on any atom is -0.456 e. The lowest BCUT2D eigenvalue weighted by Crippen LogP contribution is -2.14. The Balaban J connectivity index is 0.000000108. The van der Waals surface area contributed by atoms with Gasteiger partial charge < -0.3 is 4.42 Å². The number of pyridine rings is 3. The number of thiophene rings is 1. The van der Waals surface area contributed by atoms with Gasteiger partial charge in [0.25, 0.3) is 0 Å². The number of rotatable bonds is 12. The second-order valence-corrected chi connectivity index (χ2v) is 40.8. The first-order valence-electron chi connectivity index (χ1n) is 51.2. The maximum absolute atomic E-state index is 6.18. The number of nitrogens with zero attached hydrogens (tertiary/aromatic N) is 3. The van der Waals surface area contributed by atoms with Gasteiger partial charge in [0, 0.05) is 69.7 Å². The van der Waals surface area contributed by atoms with Crippen molar-refractivity contribution in [3.63, 3.8) is 0 Å². The fraction of sp³-hybridized carbons (Fsp3) is 0.0208. The molecule has 1 aliphatic carbocycles. The van der Waals surface area contributed by atoms with Gasteiger partial charge in [0.2, 0.25) is 0 Å². The Labute approximate surface area is 866 Å². The van der Waals surface area contributed by atoms with Gasteiger partial charge in [-0.15, -0.1) is 11.3 Å². The summed E-state index contributed by atoms with van der Waals surface area (Å²) in [4.78, 5) is 15.8. The number of hydrogen-bond acceptors (Lipinski definition) is 5. The summed E-state index contributed by atoms with van der Waals surface area (Å²) in [7, 11) is 0. The van der Waals surface area contributed by atoms with Crippen LogP contribution in [0.15, 0.2) is 532 Å². The van der Waals surface area contributed by atoms with Crippen LogP contribution in [-0.4, -0.2) is 15.0 Å². The number of aromatic nitrogens is 3. The van der Waals surface area contributed by atoms with Crippen molar-refractivity contribution in [2.75, 3.05) is 0 Å². The number of benzene rings is 24. The smallest absolute Gasteiger partial charge is 0.135 e. The molecule has 0 fully saturated rings. The number of furan rings is 1. The van der Waals surface area contributed by atoms with Crippen molar-refractivity contribution < 1.29 is 4.42 Å². The van der Waals surface area contributed by atoms with Crippen molar-refractivity contribution in [3.8, 4) is 145 Å². The Bertz CT molecular complexity index is 10300. The summed E-state index contributed by atoms with van der Waals surface area (Å²) in [6.07, 6.45) is 0. The minimum absolute atomic E-state index is 0.0191. The van der Waals surface area contributed by atoms with Crippen LogP contribution in [0.2, 0.25) is 0 Å². The van der Waals surface area contributed by atoms with Crippen molar-refractivity contribution in [2.45, 2.75) is 19.3 Å². The van der Waals surface area contributed by atoms with Gasteiger partial charge in [-0.1, -0.05) is 451 Å². The molecule has 0 unspecified atom stereocenters. The first-order chi connectivity index (χ1) is 73.6. The van der Waals surface area contributed by atoms with Gasteiger partial charge in [0.1, 0.15) is 11.2 Å². The van der Waals surface area contributed by atoms with Crippen LogP contribution < -0.4 is 0 Å². The molecule has 24 aromatic carbocycles. The van der Waals surface area contributed by atoms with Crippen LogP contribution in [0.3, 0.4) is 0 Å². The van der Waals surface area contributed by atoms with Crippen LogP contribution in [0.5, 0.6) is 0 Å². The van der Waals surface area contributed by atoms with E-state index in [-0.39, 0.29) is 5.41 Å². The standard InChI is InChI=1S/C50H35N.C47H29NO.C47H29NS/c1-50(2)45-23-12-11-20-40(45)44-28-34(25-27-46(44)50)37-21-13-22-41-38-18-9-10-19-39(38)43-29-35(24-26-42(43)49(37)41)48-31-36(32-14-5-3-6-15-32)30-47(51-48)33-16-7-4-8-17-33;1-3-12-30(13-4-1)34-28-43(31-14-5-2-6-15-31)48-44(29-34)33-22-24-40-41(27-33)37-17-8-7-16-36(37)39-20-11-19-35(47(39)40)32-23-25-46-42(26-32)38-18-9-10-21-45(38)49-46;1-3-12-30(13-4-1)34-27-43(31-14-5-2-6-15-31)48-44(28-34)33-23-25-41-42(26-33)37-17-8-7-16-36(37)40-20-11-19-35(47(40)41)32-22-24-39-38-18-9-10-21-45(38)49-46(39)29-32/h3-31H,1-2H3;2*1-29H. The van der Waals surface area contributed by atoms with E-state index in [4.69, 9.17) is 19.4 Å². The van der Waals surface area contributed by atoms with Crippen LogP contribution in [0, 0.1) is 0 Å². The monoisotopic (exact) mass is 1910 g/mol. The van der Waals surface area contributed by atoms with Gasteiger partial charge in [-0.25, -0.2) is 15.0 Å². The first-order valence-corrected chi connectivity index (χ1v) is 52.0. The van der Waals surface area contributed by atoms with Crippen LogP contribution in [0.25, 0.3) is 284 Å². The zero-order chi connectivity index (χ0) is 98.7. The molecule has 5 aromatic heterocycles. The lowest BCUT2D eigenvalue weighted by Gasteiger charge is -2.21. The summed E-state index contributed by atoms with van der Waals surface area (Å²) in [5.74, 6) is 0. The quantitative estimate of drug-likeness (QED) is 0.114. The Morgan fingerprint density at radius 1 is 0.154 bits per heavy atom. The predicted octanol–water partition coefficient (Wildman–Crippen LogP) is 40.2. The predicted molar refractivity (Wildman–Crippen MR) is 633 cm³/mol. The molecule has 0 N–H and O–H groups in total. The van der Waals surface area contributed by atoms with E-state index >= 15 is 0 Å². The molecule has 29 aromatic rings. The van der Waals surface area contributed by atoms with Crippen molar-refractivity contribution in [1.82, 2.24) is 15.0 Å². The van der Waals surface area contributed by atoms with Gasteiger partial charge in [-0.2, -0.15) is 0 Å². The average Bonchev–Trinajstić information content (AvgIpc) is 1.63. The van der Waals surface area contributed by atoms with Crippen molar-refractivity contribution in [2.24, 2.45) is 0 Å². The normalized spacial score (nSPS) is 12.1. The highest BCUT2D eigenvalue weighted by Crippen LogP contribution is 2.53. The molecule has 149 heavy (non-hydrogen) atoms. The summed E-state index contributed by atoms with van der Waals surface area (Å²) < 4.78 is 8.83. The van der Waals surface area contributed by atoms with Crippen molar-refractivity contribution >= 4 is 150 Å². The summed E-state index contributed by atoms with van der Waals surface area (Å²) in [5, 5.41) is 27.5. The van der Waals surface area contributed by atoms with E-state index < -0.39 is 0 Å². The molecule has 0 saturated carbocycles. The molecule has 0 saturated heterocycles. The Hall–Kier alpha value is -18.9. The highest BCUT2D eigenvalue weighted by Gasteiger charge is 2.36. The first kappa shape index (κ1) is 87.8. The van der Waals surface area contributed by atoms with E-state index in [9.17, 15) is 0 Å². The van der Waals surface area contributed by atoms with Gasteiger partial charge in [0.15, 0.2) is 0 Å². The third-order valence-electron chi connectivity index (χ3n) is 30.7. The molecule has 5 heteroatoms. The molecular weight excluding hydrogens is 1820 g/mol. The van der Waals surface area contributed by atoms with E-state index in [0.717, 1.165) is 106 Å². The van der Waals surface area contributed by atoms with E-state index in [2.05, 4.69) is 523 Å². The second kappa shape index (κ2) is 36.4. The Morgan fingerprint density at radius 3 is 0.859 bits per heavy atom. The fourth-order valence-electron chi connectivity index (χ4n) is 23.6. The van der Waals surface area contributed by atoms with E-state index in [1.165, 1.54) is 189 Å². The largest absolute Gasteiger partial charge is 0.456 e. The van der Waals surface area contributed by atoms with Crippen LogP contribution in [-0.2, 0) is 5.41 Å².